The second-order valence-electron chi connectivity index (χ2n) is 4.35. The molecular formula is C11H11N3O4. The summed E-state index contributed by atoms with van der Waals surface area (Å²) < 4.78 is 0. The lowest BCUT2D eigenvalue weighted by molar-refractivity contribution is -0.383. The van der Waals surface area contributed by atoms with Gasteiger partial charge in [0, 0.05) is 17.3 Å². The SMILES string of the molecule is CC(=O)C1(C)C(=O)Nc2cc(N)c([N+](=O)[O-])cc21. The van der Waals surface area contributed by atoms with E-state index in [1.165, 1.54) is 26.0 Å². The van der Waals surface area contributed by atoms with Gasteiger partial charge < -0.3 is 11.1 Å². The van der Waals surface area contributed by atoms with Crippen LogP contribution in [0.4, 0.5) is 17.1 Å². The monoisotopic (exact) mass is 249 g/mol. The summed E-state index contributed by atoms with van der Waals surface area (Å²) in [5.74, 6) is -0.872. The van der Waals surface area contributed by atoms with Crippen molar-refractivity contribution in [3.63, 3.8) is 0 Å². The van der Waals surface area contributed by atoms with Gasteiger partial charge in [0.25, 0.3) is 5.69 Å². The summed E-state index contributed by atoms with van der Waals surface area (Å²) in [4.78, 5) is 33.7. The van der Waals surface area contributed by atoms with E-state index in [1.807, 2.05) is 0 Å². The Kier molecular flexibility index (Phi) is 2.36. The number of nitrogens with two attached hydrogens (primary N) is 1. The van der Waals surface area contributed by atoms with Gasteiger partial charge in [0.1, 0.15) is 16.9 Å². The molecule has 1 unspecified atom stereocenters. The molecule has 1 aromatic carbocycles. The zero-order chi connectivity index (χ0) is 13.7. The van der Waals surface area contributed by atoms with Crippen molar-refractivity contribution in [3.8, 4) is 0 Å². The van der Waals surface area contributed by atoms with Crippen LogP contribution in [-0.2, 0) is 15.0 Å². The van der Waals surface area contributed by atoms with Gasteiger partial charge in [0.15, 0.2) is 0 Å². The molecule has 1 aromatic rings. The summed E-state index contributed by atoms with van der Waals surface area (Å²) in [6.07, 6.45) is 0. The van der Waals surface area contributed by atoms with Crippen LogP contribution in [0.15, 0.2) is 12.1 Å². The summed E-state index contributed by atoms with van der Waals surface area (Å²) in [7, 11) is 0. The Bertz CT molecular complexity index is 596. The third-order valence-corrected chi connectivity index (χ3v) is 3.31. The number of nitrogens with one attached hydrogen (secondary N) is 1. The predicted molar refractivity (Wildman–Crippen MR) is 64.2 cm³/mol. The van der Waals surface area contributed by atoms with Crippen LogP contribution in [0, 0.1) is 10.1 Å². The van der Waals surface area contributed by atoms with Gasteiger partial charge in [-0.15, -0.1) is 0 Å². The zero-order valence-electron chi connectivity index (χ0n) is 9.81. The van der Waals surface area contributed by atoms with E-state index in [-0.39, 0.29) is 17.2 Å². The van der Waals surface area contributed by atoms with E-state index in [9.17, 15) is 19.7 Å². The first kappa shape index (κ1) is 12.0. The number of benzene rings is 1. The van der Waals surface area contributed by atoms with Gasteiger partial charge in [-0.1, -0.05) is 0 Å². The normalized spacial score (nSPS) is 21.3. The number of hydrogen-bond acceptors (Lipinski definition) is 5. The van der Waals surface area contributed by atoms with E-state index in [4.69, 9.17) is 5.73 Å². The van der Waals surface area contributed by atoms with E-state index >= 15 is 0 Å². The Morgan fingerprint density at radius 1 is 1.50 bits per heavy atom. The number of anilines is 2. The molecule has 0 fully saturated rings. The maximum atomic E-state index is 11.8. The Hall–Kier alpha value is -2.44. The summed E-state index contributed by atoms with van der Waals surface area (Å²) in [6, 6.07) is 2.49. The van der Waals surface area contributed by atoms with Crippen LogP contribution >= 0.6 is 0 Å². The Morgan fingerprint density at radius 2 is 2.11 bits per heavy atom. The fourth-order valence-corrected chi connectivity index (χ4v) is 2.00. The minimum atomic E-state index is -1.40. The highest BCUT2D eigenvalue weighted by Crippen LogP contribution is 2.42. The third kappa shape index (κ3) is 1.37. The number of fused-ring (bicyclic) bond motifs is 1. The quantitative estimate of drug-likeness (QED) is 0.351. The molecule has 0 radical (unpaired) electrons. The number of amides is 1. The van der Waals surface area contributed by atoms with Gasteiger partial charge in [0.05, 0.1) is 4.92 Å². The van der Waals surface area contributed by atoms with Crippen molar-refractivity contribution in [2.24, 2.45) is 0 Å². The van der Waals surface area contributed by atoms with Crippen molar-refractivity contribution in [3.05, 3.63) is 27.8 Å². The maximum Gasteiger partial charge on any atom is 0.292 e. The van der Waals surface area contributed by atoms with Gasteiger partial charge in [-0.2, -0.15) is 0 Å². The summed E-state index contributed by atoms with van der Waals surface area (Å²) in [6.45, 7) is 2.72. The van der Waals surface area contributed by atoms with E-state index in [2.05, 4.69) is 5.32 Å². The molecule has 1 aliphatic heterocycles. The Morgan fingerprint density at radius 3 is 2.61 bits per heavy atom. The largest absolute Gasteiger partial charge is 0.393 e. The zero-order valence-corrected chi connectivity index (χ0v) is 9.81. The molecular weight excluding hydrogens is 238 g/mol. The number of nitro groups is 1. The number of Topliss-reactive ketones (excluding diaryl/α,β-unsaturated/α-hetero) is 1. The molecule has 0 saturated carbocycles. The number of ketones is 1. The van der Waals surface area contributed by atoms with Gasteiger partial charge in [-0.05, 0) is 19.9 Å². The number of rotatable bonds is 2. The lowest BCUT2D eigenvalue weighted by atomic mass is 9.80. The number of nitrogen functional groups attached to an aromatic ring is 1. The summed E-state index contributed by atoms with van der Waals surface area (Å²) >= 11 is 0. The molecule has 7 heteroatoms. The molecule has 0 aliphatic carbocycles. The lowest BCUT2D eigenvalue weighted by Crippen LogP contribution is -2.37. The Balaban J connectivity index is 2.73. The highest BCUT2D eigenvalue weighted by Gasteiger charge is 2.47. The average molecular weight is 249 g/mol. The van der Waals surface area contributed by atoms with Crippen LogP contribution in [0.3, 0.4) is 0 Å². The van der Waals surface area contributed by atoms with Crippen molar-refractivity contribution in [2.45, 2.75) is 19.3 Å². The maximum absolute atomic E-state index is 11.8. The molecule has 94 valence electrons. The molecule has 7 nitrogen and oxygen atoms in total. The number of carbonyl (C=O) groups is 2. The van der Waals surface area contributed by atoms with Crippen LogP contribution in [0.1, 0.15) is 19.4 Å². The van der Waals surface area contributed by atoms with Crippen molar-refractivity contribution >= 4 is 28.8 Å². The molecule has 1 heterocycles. The van der Waals surface area contributed by atoms with E-state index in [1.54, 1.807) is 0 Å². The van der Waals surface area contributed by atoms with Crippen molar-refractivity contribution in [1.82, 2.24) is 0 Å². The van der Waals surface area contributed by atoms with Gasteiger partial charge in [-0.3, -0.25) is 19.7 Å². The smallest absolute Gasteiger partial charge is 0.292 e. The topological polar surface area (TPSA) is 115 Å². The number of carbonyl (C=O) groups excluding carboxylic acids is 2. The van der Waals surface area contributed by atoms with E-state index in [0.717, 1.165) is 0 Å². The van der Waals surface area contributed by atoms with Gasteiger partial charge >= 0.3 is 0 Å². The molecule has 1 atom stereocenters. The first-order valence-corrected chi connectivity index (χ1v) is 5.19. The molecule has 1 amide bonds. The molecule has 1 aliphatic rings. The third-order valence-electron chi connectivity index (χ3n) is 3.31. The van der Waals surface area contributed by atoms with Gasteiger partial charge in [-0.25, -0.2) is 0 Å². The lowest BCUT2D eigenvalue weighted by Gasteiger charge is -2.17. The standard InChI is InChI=1S/C11H11N3O4/c1-5(15)11(2)6-3-9(14(17)18)7(12)4-8(6)13-10(11)16/h3-4H,12H2,1-2H3,(H,13,16). The first-order chi connectivity index (χ1) is 8.28. The number of nitrogens with zero attached hydrogens (tertiary/aromatic N) is 1. The minimum Gasteiger partial charge on any atom is -0.393 e. The van der Waals surface area contributed by atoms with E-state index < -0.39 is 16.2 Å². The van der Waals surface area contributed by atoms with Crippen LogP contribution in [0.25, 0.3) is 0 Å². The molecule has 0 bridgehead atoms. The highest BCUT2D eigenvalue weighted by atomic mass is 16.6. The second-order valence-corrected chi connectivity index (χ2v) is 4.35. The highest BCUT2D eigenvalue weighted by molar-refractivity contribution is 6.20. The van der Waals surface area contributed by atoms with Gasteiger partial charge in [0.2, 0.25) is 5.91 Å². The Labute approximate surface area is 102 Å². The summed E-state index contributed by atoms with van der Waals surface area (Å²) in [5.41, 5.74) is 4.42. The first-order valence-electron chi connectivity index (χ1n) is 5.19. The fraction of sp³-hybridized carbons (Fsp3) is 0.273. The molecule has 0 saturated heterocycles. The van der Waals surface area contributed by atoms with Crippen LogP contribution in [0.2, 0.25) is 0 Å². The molecule has 18 heavy (non-hydrogen) atoms. The molecule has 3 N–H and O–H groups in total. The molecule has 2 rings (SSSR count). The second kappa shape index (κ2) is 3.52. The van der Waals surface area contributed by atoms with Crippen LogP contribution < -0.4 is 11.1 Å². The van der Waals surface area contributed by atoms with Crippen molar-refractivity contribution in [2.75, 3.05) is 11.1 Å². The van der Waals surface area contributed by atoms with Crippen LogP contribution in [0.5, 0.6) is 0 Å². The fourth-order valence-electron chi connectivity index (χ4n) is 2.00. The molecule has 0 aromatic heterocycles. The minimum absolute atomic E-state index is 0.0492. The van der Waals surface area contributed by atoms with Crippen molar-refractivity contribution in [1.29, 1.82) is 0 Å². The van der Waals surface area contributed by atoms with Crippen molar-refractivity contribution < 1.29 is 14.5 Å². The summed E-state index contributed by atoms with van der Waals surface area (Å²) in [5, 5.41) is 13.3. The predicted octanol–water partition coefficient (Wildman–Crippen LogP) is 0.976. The number of hydrogen-bond donors (Lipinski definition) is 2. The van der Waals surface area contributed by atoms with E-state index in [0.29, 0.717) is 11.3 Å². The number of nitro benzene ring substituents is 1. The molecule has 0 spiro atoms. The average Bonchev–Trinajstić information content (AvgIpc) is 2.50. The van der Waals surface area contributed by atoms with Crippen LogP contribution in [-0.4, -0.2) is 16.6 Å².